The molecule has 0 aromatic carbocycles. The van der Waals surface area contributed by atoms with Crippen molar-refractivity contribution in [2.75, 3.05) is 26.2 Å². The third-order valence-corrected chi connectivity index (χ3v) is 3.78. The van der Waals surface area contributed by atoms with Crippen molar-refractivity contribution in [3.05, 3.63) is 0 Å². The van der Waals surface area contributed by atoms with Crippen LogP contribution in [0.15, 0.2) is 0 Å². The molecule has 1 atom stereocenters. The highest BCUT2D eigenvalue weighted by atomic mass is 16.4. The molecule has 2 aliphatic heterocycles. The topological polar surface area (TPSA) is 81.1 Å². The van der Waals surface area contributed by atoms with Gasteiger partial charge >= 0.3 is 12.0 Å². The van der Waals surface area contributed by atoms with Gasteiger partial charge in [0.25, 0.3) is 0 Å². The van der Waals surface area contributed by atoms with E-state index < -0.39 is 11.9 Å². The monoisotopic (exact) mass is 256 g/mol. The van der Waals surface area contributed by atoms with Crippen LogP contribution in [0.5, 0.6) is 0 Å². The van der Waals surface area contributed by atoms with Crippen molar-refractivity contribution in [2.24, 2.45) is 5.92 Å². The van der Waals surface area contributed by atoms with Gasteiger partial charge in [-0.1, -0.05) is 0 Å². The number of rotatable bonds is 1. The third-order valence-electron chi connectivity index (χ3n) is 3.78. The van der Waals surface area contributed by atoms with Crippen molar-refractivity contribution in [1.29, 1.82) is 0 Å². The van der Waals surface area contributed by atoms with E-state index >= 15 is 0 Å². The van der Waals surface area contributed by atoms with Crippen molar-refractivity contribution >= 4 is 12.0 Å². The lowest BCUT2D eigenvalue weighted by Gasteiger charge is -2.37. The summed E-state index contributed by atoms with van der Waals surface area (Å²) in [6, 6.07) is -0.0761. The van der Waals surface area contributed by atoms with Crippen LogP contribution in [0.1, 0.15) is 25.7 Å². The first-order chi connectivity index (χ1) is 8.58. The van der Waals surface area contributed by atoms with Crippen LogP contribution >= 0.6 is 0 Å². The van der Waals surface area contributed by atoms with Gasteiger partial charge < -0.3 is 20.0 Å². The van der Waals surface area contributed by atoms with Gasteiger partial charge in [0.1, 0.15) is 0 Å². The first-order valence-corrected chi connectivity index (χ1v) is 6.52. The Bertz CT molecular complexity index is 326. The number of hydrogen-bond donors (Lipinski definition) is 2. The minimum absolute atomic E-state index is 0.0761. The quantitative estimate of drug-likeness (QED) is 0.709. The SMILES string of the molecule is O=C(O)C1CCCN(C(=O)N2CCC(O)CC2)C1. The van der Waals surface area contributed by atoms with Crippen LogP contribution in [-0.2, 0) is 4.79 Å². The molecule has 102 valence electrons. The minimum Gasteiger partial charge on any atom is -0.481 e. The number of urea groups is 1. The summed E-state index contributed by atoms with van der Waals surface area (Å²) >= 11 is 0. The van der Waals surface area contributed by atoms with E-state index in [0.29, 0.717) is 45.4 Å². The van der Waals surface area contributed by atoms with E-state index in [-0.39, 0.29) is 12.1 Å². The first kappa shape index (κ1) is 13.1. The number of aliphatic hydroxyl groups excluding tert-OH is 1. The molecule has 2 N–H and O–H groups in total. The highest BCUT2D eigenvalue weighted by Gasteiger charge is 2.31. The third kappa shape index (κ3) is 2.93. The number of carbonyl (C=O) groups excluding carboxylic acids is 1. The maximum Gasteiger partial charge on any atom is 0.320 e. The van der Waals surface area contributed by atoms with E-state index in [1.165, 1.54) is 0 Å². The molecule has 0 saturated carbocycles. The van der Waals surface area contributed by atoms with Gasteiger partial charge in [-0.15, -0.1) is 0 Å². The molecule has 2 saturated heterocycles. The molecule has 2 heterocycles. The summed E-state index contributed by atoms with van der Waals surface area (Å²) in [6.45, 7) is 2.08. The lowest BCUT2D eigenvalue weighted by Crippen LogP contribution is -2.51. The Balaban J connectivity index is 1.90. The predicted octanol–water partition coefficient (Wildman–Crippen LogP) is 0.360. The number of carbonyl (C=O) groups is 2. The Kier molecular flexibility index (Phi) is 4.06. The maximum atomic E-state index is 12.2. The fraction of sp³-hybridized carbons (Fsp3) is 0.833. The van der Waals surface area contributed by atoms with Gasteiger partial charge in [0.2, 0.25) is 0 Å². The van der Waals surface area contributed by atoms with Gasteiger partial charge in [-0.3, -0.25) is 4.79 Å². The Hall–Kier alpha value is -1.30. The van der Waals surface area contributed by atoms with Crippen LogP contribution < -0.4 is 0 Å². The second-order valence-electron chi connectivity index (χ2n) is 5.12. The molecule has 0 aromatic heterocycles. The number of amides is 2. The molecule has 2 aliphatic rings. The number of aliphatic carboxylic acids is 1. The summed E-state index contributed by atoms with van der Waals surface area (Å²) in [5.41, 5.74) is 0. The summed E-state index contributed by atoms with van der Waals surface area (Å²) in [5.74, 6) is -1.25. The van der Waals surface area contributed by atoms with Crippen molar-refractivity contribution in [2.45, 2.75) is 31.8 Å². The lowest BCUT2D eigenvalue weighted by atomic mass is 9.98. The number of likely N-dealkylation sites (tertiary alicyclic amines) is 2. The molecule has 6 nitrogen and oxygen atoms in total. The number of carboxylic acid groups (broad SMARTS) is 1. The van der Waals surface area contributed by atoms with E-state index in [4.69, 9.17) is 5.11 Å². The Morgan fingerprint density at radius 1 is 1.00 bits per heavy atom. The van der Waals surface area contributed by atoms with E-state index in [1.54, 1.807) is 9.80 Å². The fourth-order valence-electron chi connectivity index (χ4n) is 2.61. The van der Waals surface area contributed by atoms with Gasteiger partial charge in [0.05, 0.1) is 12.0 Å². The second kappa shape index (κ2) is 5.56. The lowest BCUT2D eigenvalue weighted by molar-refractivity contribution is -0.143. The number of hydrogen-bond acceptors (Lipinski definition) is 3. The number of carboxylic acids is 1. The molecular weight excluding hydrogens is 236 g/mol. The summed E-state index contributed by atoms with van der Waals surface area (Å²) in [6.07, 6.45) is 2.32. The molecule has 0 aliphatic carbocycles. The number of nitrogens with zero attached hydrogens (tertiary/aromatic N) is 2. The van der Waals surface area contributed by atoms with E-state index in [2.05, 4.69) is 0 Å². The van der Waals surface area contributed by atoms with Crippen LogP contribution in [0.3, 0.4) is 0 Å². The van der Waals surface area contributed by atoms with Crippen molar-refractivity contribution in [3.8, 4) is 0 Å². The van der Waals surface area contributed by atoms with Gasteiger partial charge in [-0.05, 0) is 25.7 Å². The summed E-state index contributed by atoms with van der Waals surface area (Å²) in [5, 5.41) is 18.4. The van der Waals surface area contributed by atoms with Crippen LogP contribution in [-0.4, -0.2) is 64.3 Å². The zero-order valence-electron chi connectivity index (χ0n) is 10.4. The van der Waals surface area contributed by atoms with Crippen LogP contribution in [0.4, 0.5) is 4.79 Å². The zero-order valence-corrected chi connectivity index (χ0v) is 10.4. The highest BCUT2D eigenvalue weighted by molar-refractivity contribution is 5.76. The second-order valence-corrected chi connectivity index (χ2v) is 5.12. The molecular formula is C12H20N2O4. The maximum absolute atomic E-state index is 12.2. The van der Waals surface area contributed by atoms with E-state index in [9.17, 15) is 14.7 Å². The Morgan fingerprint density at radius 2 is 1.67 bits per heavy atom. The molecule has 6 heteroatoms. The molecule has 0 spiro atoms. The molecule has 2 amide bonds. The largest absolute Gasteiger partial charge is 0.481 e. The van der Waals surface area contributed by atoms with Crippen LogP contribution in [0, 0.1) is 5.92 Å². The van der Waals surface area contributed by atoms with Crippen molar-refractivity contribution in [1.82, 2.24) is 9.80 Å². The van der Waals surface area contributed by atoms with E-state index in [1.807, 2.05) is 0 Å². The van der Waals surface area contributed by atoms with Crippen LogP contribution in [0.2, 0.25) is 0 Å². The van der Waals surface area contributed by atoms with Gasteiger partial charge in [0.15, 0.2) is 0 Å². The molecule has 2 fully saturated rings. The average Bonchev–Trinajstić information content (AvgIpc) is 2.39. The molecule has 0 aromatic rings. The van der Waals surface area contributed by atoms with Crippen LogP contribution in [0.25, 0.3) is 0 Å². The Labute approximate surface area is 106 Å². The van der Waals surface area contributed by atoms with E-state index in [0.717, 1.165) is 6.42 Å². The smallest absolute Gasteiger partial charge is 0.320 e. The van der Waals surface area contributed by atoms with Crippen molar-refractivity contribution in [3.63, 3.8) is 0 Å². The Morgan fingerprint density at radius 3 is 2.28 bits per heavy atom. The first-order valence-electron chi connectivity index (χ1n) is 6.52. The number of aliphatic hydroxyl groups is 1. The summed E-state index contributed by atoms with van der Waals surface area (Å²) in [4.78, 5) is 26.5. The fourth-order valence-corrected chi connectivity index (χ4v) is 2.61. The van der Waals surface area contributed by atoms with Gasteiger partial charge in [0, 0.05) is 26.2 Å². The molecule has 0 radical (unpaired) electrons. The standard InChI is InChI=1S/C12H20N2O4/c15-10-3-6-13(7-4-10)12(18)14-5-1-2-9(8-14)11(16)17/h9-10,15H,1-8H2,(H,16,17). The summed E-state index contributed by atoms with van der Waals surface area (Å²) in [7, 11) is 0. The van der Waals surface area contributed by atoms with Gasteiger partial charge in [-0.25, -0.2) is 4.79 Å². The summed E-state index contributed by atoms with van der Waals surface area (Å²) < 4.78 is 0. The molecule has 2 rings (SSSR count). The average molecular weight is 256 g/mol. The normalized spacial score (nSPS) is 26.2. The molecule has 18 heavy (non-hydrogen) atoms. The molecule has 1 unspecified atom stereocenters. The predicted molar refractivity (Wildman–Crippen MR) is 64.1 cm³/mol. The molecule has 0 bridgehead atoms. The zero-order chi connectivity index (χ0) is 13.1. The number of piperidine rings is 2. The highest BCUT2D eigenvalue weighted by Crippen LogP contribution is 2.19. The minimum atomic E-state index is -0.818. The van der Waals surface area contributed by atoms with Gasteiger partial charge in [-0.2, -0.15) is 0 Å². The van der Waals surface area contributed by atoms with Crippen molar-refractivity contribution < 1.29 is 19.8 Å².